The van der Waals surface area contributed by atoms with Crippen molar-refractivity contribution < 1.29 is 9.18 Å². The minimum absolute atomic E-state index is 0.182. The van der Waals surface area contributed by atoms with Crippen LogP contribution < -0.4 is 10.6 Å². The molecule has 3 N–H and O–H groups in total. The second kappa shape index (κ2) is 8.22. The number of anilines is 1. The van der Waals surface area contributed by atoms with E-state index in [-0.39, 0.29) is 11.3 Å². The molecule has 30 heavy (non-hydrogen) atoms. The third kappa shape index (κ3) is 4.48. The second-order valence-electron chi connectivity index (χ2n) is 8.35. The summed E-state index contributed by atoms with van der Waals surface area (Å²) in [5.74, 6) is -0.335. The number of hydrogen-bond donors (Lipinski definition) is 3. The Balaban J connectivity index is 1.41. The van der Waals surface area contributed by atoms with E-state index in [1.165, 1.54) is 6.07 Å². The van der Waals surface area contributed by atoms with Gasteiger partial charge in [0.1, 0.15) is 5.82 Å². The Kier molecular flexibility index (Phi) is 5.48. The molecule has 0 aromatic carbocycles. The van der Waals surface area contributed by atoms with Crippen molar-refractivity contribution in [3.05, 3.63) is 59.4 Å². The lowest BCUT2D eigenvalue weighted by Crippen LogP contribution is -2.28. The predicted octanol–water partition coefficient (Wildman–Crippen LogP) is 3.36. The summed E-state index contributed by atoms with van der Waals surface area (Å²) in [4.78, 5) is 19.9. The molecule has 0 fully saturated rings. The van der Waals surface area contributed by atoms with Crippen LogP contribution in [-0.4, -0.2) is 39.2 Å². The third-order valence-electron chi connectivity index (χ3n) is 5.39. The summed E-state index contributed by atoms with van der Waals surface area (Å²) in [7, 11) is 0. The number of aromatic nitrogens is 4. The molecule has 1 aliphatic carbocycles. The van der Waals surface area contributed by atoms with Crippen LogP contribution in [0.25, 0.3) is 11.3 Å². The minimum atomic E-state index is -0.566. The number of fused-ring (bicyclic) bond motifs is 1. The fourth-order valence-electron chi connectivity index (χ4n) is 3.78. The molecule has 8 heteroatoms. The van der Waals surface area contributed by atoms with Crippen molar-refractivity contribution in [2.24, 2.45) is 5.41 Å². The molecule has 1 aliphatic rings. The van der Waals surface area contributed by atoms with Gasteiger partial charge in [0.15, 0.2) is 0 Å². The van der Waals surface area contributed by atoms with Crippen LogP contribution in [0.4, 0.5) is 10.2 Å². The van der Waals surface area contributed by atoms with E-state index in [2.05, 4.69) is 44.6 Å². The first-order valence-corrected chi connectivity index (χ1v) is 10.1. The Labute approximate surface area is 174 Å². The number of rotatable bonds is 6. The summed E-state index contributed by atoms with van der Waals surface area (Å²) in [6.45, 7) is 5.29. The molecule has 0 radical (unpaired) electrons. The highest BCUT2D eigenvalue weighted by molar-refractivity contribution is 5.93. The summed E-state index contributed by atoms with van der Waals surface area (Å²) in [5, 5.41) is 13.5. The predicted molar refractivity (Wildman–Crippen MR) is 113 cm³/mol. The van der Waals surface area contributed by atoms with Crippen molar-refractivity contribution in [3.63, 3.8) is 0 Å². The molecule has 1 amide bonds. The van der Waals surface area contributed by atoms with E-state index >= 15 is 0 Å². The summed E-state index contributed by atoms with van der Waals surface area (Å²) in [6.07, 6.45) is 6.07. The van der Waals surface area contributed by atoms with E-state index in [0.717, 1.165) is 36.2 Å². The number of nitrogens with one attached hydrogen (secondary N) is 3. The van der Waals surface area contributed by atoms with Gasteiger partial charge in [-0.05, 0) is 42.9 Å². The van der Waals surface area contributed by atoms with Gasteiger partial charge in [0, 0.05) is 53.9 Å². The number of H-pyrrole nitrogens is 1. The van der Waals surface area contributed by atoms with Gasteiger partial charge in [-0.1, -0.05) is 13.8 Å². The fraction of sp³-hybridized carbons (Fsp3) is 0.364. The number of halogens is 1. The van der Waals surface area contributed by atoms with Crippen molar-refractivity contribution in [2.45, 2.75) is 33.1 Å². The minimum Gasteiger partial charge on any atom is -0.368 e. The Morgan fingerprint density at radius 2 is 2.03 bits per heavy atom. The van der Waals surface area contributed by atoms with E-state index in [1.54, 1.807) is 30.6 Å². The zero-order valence-corrected chi connectivity index (χ0v) is 17.1. The summed E-state index contributed by atoms with van der Waals surface area (Å²) < 4.78 is 14.2. The van der Waals surface area contributed by atoms with E-state index in [1.807, 2.05) is 0 Å². The Bertz CT molecular complexity index is 1050. The SMILES string of the molecule is CC1(C)CCc2c(-c3cc(F)nc(NCCNC(=O)c4ccncc4)c3)n[nH]c2C1. The van der Waals surface area contributed by atoms with Crippen LogP contribution in [0.2, 0.25) is 0 Å². The first-order valence-electron chi connectivity index (χ1n) is 10.1. The Hall–Kier alpha value is -3.29. The molecule has 0 spiro atoms. The van der Waals surface area contributed by atoms with Crippen molar-refractivity contribution in [3.8, 4) is 11.3 Å². The number of nitrogens with zero attached hydrogens (tertiary/aromatic N) is 3. The fourth-order valence-corrected chi connectivity index (χ4v) is 3.78. The van der Waals surface area contributed by atoms with E-state index in [4.69, 9.17) is 0 Å². The number of aromatic amines is 1. The van der Waals surface area contributed by atoms with E-state index in [0.29, 0.717) is 30.0 Å². The average molecular weight is 408 g/mol. The molecule has 3 aromatic rings. The van der Waals surface area contributed by atoms with E-state index < -0.39 is 5.95 Å². The molecule has 0 unspecified atom stereocenters. The van der Waals surface area contributed by atoms with E-state index in [9.17, 15) is 9.18 Å². The normalized spacial score (nSPS) is 14.8. The molecule has 0 saturated carbocycles. The number of amides is 1. The highest BCUT2D eigenvalue weighted by Gasteiger charge is 2.29. The molecule has 4 rings (SSSR count). The van der Waals surface area contributed by atoms with Crippen LogP contribution in [0.3, 0.4) is 0 Å². The molecular formula is C22H25FN6O. The van der Waals surface area contributed by atoms with Gasteiger partial charge >= 0.3 is 0 Å². The number of pyridine rings is 2. The van der Waals surface area contributed by atoms with Crippen molar-refractivity contribution in [1.82, 2.24) is 25.5 Å². The maximum Gasteiger partial charge on any atom is 0.251 e. The Morgan fingerprint density at radius 1 is 1.23 bits per heavy atom. The lowest BCUT2D eigenvalue weighted by molar-refractivity contribution is 0.0955. The van der Waals surface area contributed by atoms with Crippen LogP contribution >= 0.6 is 0 Å². The van der Waals surface area contributed by atoms with Crippen LogP contribution in [0.5, 0.6) is 0 Å². The smallest absolute Gasteiger partial charge is 0.251 e. The van der Waals surface area contributed by atoms with Gasteiger partial charge in [0.2, 0.25) is 5.95 Å². The first kappa shape index (κ1) is 20.0. The van der Waals surface area contributed by atoms with Gasteiger partial charge in [-0.25, -0.2) is 4.98 Å². The quantitative estimate of drug-likeness (QED) is 0.429. The van der Waals surface area contributed by atoms with Crippen LogP contribution in [0, 0.1) is 11.4 Å². The van der Waals surface area contributed by atoms with Gasteiger partial charge in [0.25, 0.3) is 5.91 Å². The average Bonchev–Trinajstić information content (AvgIpc) is 3.13. The first-order chi connectivity index (χ1) is 14.4. The molecule has 7 nitrogen and oxygen atoms in total. The zero-order valence-electron chi connectivity index (χ0n) is 17.1. The summed E-state index contributed by atoms with van der Waals surface area (Å²) in [5.41, 5.74) is 4.57. The van der Waals surface area contributed by atoms with Gasteiger partial charge in [-0.3, -0.25) is 14.9 Å². The standard InChI is InChI=1S/C22H25FN6O/c1-22(2)6-3-16-17(13-22)28-29-20(16)15-11-18(23)27-19(12-15)25-9-10-26-21(30)14-4-7-24-8-5-14/h4-5,7-8,11-12H,3,6,9-10,13H2,1-2H3,(H,25,27)(H,26,30)(H,28,29). The third-order valence-corrected chi connectivity index (χ3v) is 5.39. The molecule has 0 aliphatic heterocycles. The molecule has 0 saturated heterocycles. The largest absolute Gasteiger partial charge is 0.368 e. The topological polar surface area (TPSA) is 95.6 Å². The molecular weight excluding hydrogens is 383 g/mol. The molecule has 3 heterocycles. The van der Waals surface area contributed by atoms with Gasteiger partial charge < -0.3 is 10.6 Å². The van der Waals surface area contributed by atoms with Gasteiger partial charge in [-0.2, -0.15) is 9.49 Å². The zero-order chi connectivity index (χ0) is 21.1. The lowest BCUT2D eigenvalue weighted by Gasteiger charge is -2.29. The van der Waals surface area contributed by atoms with Crippen LogP contribution in [-0.2, 0) is 12.8 Å². The molecule has 0 bridgehead atoms. The maximum atomic E-state index is 14.2. The number of carbonyl (C=O) groups excluding carboxylic acids is 1. The van der Waals surface area contributed by atoms with Gasteiger partial charge in [-0.15, -0.1) is 0 Å². The molecule has 3 aromatic heterocycles. The second-order valence-corrected chi connectivity index (χ2v) is 8.35. The van der Waals surface area contributed by atoms with Gasteiger partial charge in [0.05, 0.1) is 5.69 Å². The molecule has 0 atom stereocenters. The highest BCUT2D eigenvalue weighted by atomic mass is 19.1. The highest BCUT2D eigenvalue weighted by Crippen LogP contribution is 2.38. The lowest BCUT2D eigenvalue weighted by atomic mass is 9.76. The number of hydrogen-bond acceptors (Lipinski definition) is 5. The van der Waals surface area contributed by atoms with Crippen molar-refractivity contribution in [1.29, 1.82) is 0 Å². The van der Waals surface area contributed by atoms with Crippen LogP contribution in [0.15, 0.2) is 36.7 Å². The van der Waals surface area contributed by atoms with Crippen LogP contribution in [0.1, 0.15) is 41.9 Å². The summed E-state index contributed by atoms with van der Waals surface area (Å²) >= 11 is 0. The molecule has 156 valence electrons. The maximum absolute atomic E-state index is 14.2. The summed E-state index contributed by atoms with van der Waals surface area (Å²) in [6, 6.07) is 6.50. The number of carbonyl (C=O) groups is 1. The van der Waals surface area contributed by atoms with Crippen molar-refractivity contribution >= 4 is 11.7 Å². The Morgan fingerprint density at radius 3 is 2.83 bits per heavy atom. The van der Waals surface area contributed by atoms with Crippen molar-refractivity contribution in [2.75, 3.05) is 18.4 Å². The monoisotopic (exact) mass is 408 g/mol.